The lowest BCUT2D eigenvalue weighted by Gasteiger charge is -2.10. The minimum absolute atomic E-state index is 0.0562. The number of aromatic nitrogens is 4. The Labute approximate surface area is 116 Å². The predicted octanol–water partition coefficient (Wildman–Crippen LogP) is 0.122. The first-order valence-corrected chi connectivity index (χ1v) is 7.51. The zero-order valence-corrected chi connectivity index (χ0v) is 11.6. The van der Waals surface area contributed by atoms with Gasteiger partial charge in [-0.25, -0.2) is 13.1 Å². The average molecular weight is 297 g/mol. The molecule has 1 atom stereocenters. The molecule has 3 N–H and O–H groups in total. The van der Waals surface area contributed by atoms with Crippen molar-refractivity contribution in [3.8, 4) is 0 Å². The minimum atomic E-state index is -3.68. The molecule has 1 heterocycles. The van der Waals surface area contributed by atoms with E-state index in [-0.39, 0.29) is 17.3 Å². The second kappa shape index (κ2) is 6.07. The van der Waals surface area contributed by atoms with E-state index in [1.54, 1.807) is 12.1 Å². The maximum atomic E-state index is 12.1. The van der Waals surface area contributed by atoms with Crippen LogP contribution in [0, 0.1) is 0 Å². The fourth-order valence-corrected chi connectivity index (χ4v) is 2.66. The molecular weight excluding hydrogens is 282 g/mol. The van der Waals surface area contributed by atoms with Gasteiger partial charge in [-0.3, -0.25) is 0 Å². The molecule has 108 valence electrons. The molecule has 0 saturated carbocycles. The Morgan fingerprint density at radius 2 is 2.25 bits per heavy atom. The number of rotatable bonds is 6. The van der Waals surface area contributed by atoms with E-state index in [1.165, 1.54) is 12.1 Å². The molecule has 2 rings (SSSR count). The number of aliphatic hydroxyl groups excluding tert-OH is 1. The Bertz CT molecular complexity index is 656. The summed E-state index contributed by atoms with van der Waals surface area (Å²) < 4.78 is 26.6. The molecule has 0 spiro atoms. The van der Waals surface area contributed by atoms with Crippen molar-refractivity contribution >= 4 is 10.0 Å². The lowest BCUT2D eigenvalue weighted by atomic mass is 10.1. The van der Waals surface area contributed by atoms with Gasteiger partial charge in [0.2, 0.25) is 10.0 Å². The molecule has 0 aliphatic heterocycles. The highest BCUT2D eigenvalue weighted by Gasteiger charge is 2.16. The molecule has 0 aliphatic carbocycles. The maximum absolute atomic E-state index is 12.1. The van der Waals surface area contributed by atoms with Crippen molar-refractivity contribution in [2.75, 3.05) is 0 Å². The van der Waals surface area contributed by atoms with Gasteiger partial charge in [-0.1, -0.05) is 24.3 Å². The van der Waals surface area contributed by atoms with Crippen LogP contribution >= 0.6 is 0 Å². The zero-order chi connectivity index (χ0) is 14.6. The summed E-state index contributed by atoms with van der Waals surface area (Å²) in [6, 6.07) is 6.20. The van der Waals surface area contributed by atoms with Crippen LogP contribution in [0.15, 0.2) is 29.2 Å². The normalized spacial score (nSPS) is 13.3. The first-order chi connectivity index (χ1) is 9.53. The number of hydrogen-bond acceptors (Lipinski definition) is 6. The van der Waals surface area contributed by atoms with Crippen LogP contribution < -0.4 is 4.72 Å². The van der Waals surface area contributed by atoms with Crippen molar-refractivity contribution < 1.29 is 13.5 Å². The lowest BCUT2D eigenvalue weighted by Crippen LogP contribution is -2.24. The molecule has 2 aromatic rings. The topological polar surface area (TPSA) is 121 Å². The Kier molecular flexibility index (Phi) is 4.42. The van der Waals surface area contributed by atoms with Gasteiger partial charge in [-0.15, -0.1) is 10.2 Å². The smallest absolute Gasteiger partial charge is 0.240 e. The molecule has 20 heavy (non-hydrogen) atoms. The Balaban J connectivity index is 2.16. The van der Waals surface area contributed by atoms with Crippen LogP contribution in [-0.2, 0) is 16.6 Å². The molecule has 0 radical (unpaired) electrons. The molecule has 1 aromatic heterocycles. The van der Waals surface area contributed by atoms with E-state index < -0.39 is 16.1 Å². The van der Waals surface area contributed by atoms with Crippen LogP contribution in [-0.4, -0.2) is 34.1 Å². The number of sulfonamides is 1. The van der Waals surface area contributed by atoms with Gasteiger partial charge in [0, 0.05) is 0 Å². The highest BCUT2D eigenvalue weighted by molar-refractivity contribution is 7.89. The number of H-pyrrole nitrogens is 1. The quantitative estimate of drug-likeness (QED) is 0.696. The van der Waals surface area contributed by atoms with Crippen molar-refractivity contribution in [2.45, 2.75) is 30.9 Å². The van der Waals surface area contributed by atoms with Gasteiger partial charge in [0.1, 0.15) is 0 Å². The van der Waals surface area contributed by atoms with E-state index in [0.29, 0.717) is 12.0 Å². The summed E-state index contributed by atoms with van der Waals surface area (Å²) in [6.45, 7) is 1.76. The Morgan fingerprint density at radius 3 is 2.90 bits per heavy atom. The van der Waals surface area contributed by atoms with Gasteiger partial charge in [0.05, 0.1) is 17.5 Å². The number of aromatic amines is 1. The van der Waals surface area contributed by atoms with E-state index in [2.05, 4.69) is 25.3 Å². The lowest BCUT2D eigenvalue weighted by molar-refractivity contribution is 0.173. The minimum Gasteiger partial charge on any atom is -0.388 e. The van der Waals surface area contributed by atoms with Gasteiger partial charge in [-0.05, 0) is 24.1 Å². The molecular formula is C11H15N5O3S. The predicted molar refractivity (Wildman–Crippen MR) is 69.9 cm³/mol. The van der Waals surface area contributed by atoms with Crippen molar-refractivity contribution in [2.24, 2.45) is 0 Å². The molecule has 0 bridgehead atoms. The monoisotopic (exact) mass is 297 g/mol. The Hall–Kier alpha value is -1.84. The van der Waals surface area contributed by atoms with Crippen molar-refractivity contribution in [1.29, 1.82) is 0 Å². The first kappa shape index (κ1) is 14.6. The highest BCUT2D eigenvalue weighted by Crippen LogP contribution is 2.19. The molecule has 0 aliphatic rings. The van der Waals surface area contributed by atoms with E-state index >= 15 is 0 Å². The number of tetrazole rings is 1. The van der Waals surface area contributed by atoms with Gasteiger partial charge >= 0.3 is 0 Å². The van der Waals surface area contributed by atoms with Crippen molar-refractivity contribution in [3.63, 3.8) is 0 Å². The summed E-state index contributed by atoms with van der Waals surface area (Å²) in [4.78, 5) is 0.0889. The Morgan fingerprint density at radius 1 is 1.45 bits per heavy atom. The molecule has 8 nitrogen and oxygen atoms in total. The number of hydrogen-bond donors (Lipinski definition) is 3. The average Bonchev–Trinajstić information content (AvgIpc) is 2.98. The van der Waals surface area contributed by atoms with Gasteiger partial charge in [0.25, 0.3) is 0 Å². The fourth-order valence-electron chi connectivity index (χ4n) is 1.62. The number of nitrogens with zero attached hydrogens (tertiary/aromatic N) is 3. The summed E-state index contributed by atoms with van der Waals surface area (Å²) >= 11 is 0. The second-order valence-corrected chi connectivity index (χ2v) is 5.92. The molecule has 1 aromatic carbocycles. The number of benzene rings is 1. The number of aliphatic hydroxyl groups is 1. The number of nitrogens with one attached hydrogen (secondary N) is 2. The maximum Gasteiger partial charge on any atom is 0.240 e. The first-order valence-electron chi connectivity index (χ1n) is 6.03. The van der Waals surface area contributed by atoms with Gasteiger partial charge in [-0.2, -0.15) is 5.21 Å². The highest BCUT2D eigenvalue weighted by atomic mass is 32.2. The van der Waals surface area contributed by atoms with Crippen molar-refractivity contribution in [1.82, 2.24) is 25.3 Å². The van der Waals surface area contributed by atoms with Crippen LogP contribution in [0.25, 0.3) is 0 Å². The van der Waals surface area contributed by atoms with Gasteiger partial charge in [0.15, 0.2) is 5.82 Å². The molecule has 0 saturated heterocycles. The van der Waals surface area contributed by atoms with E-state index in [1.807, 2.05) is 6.92 Å². The van der Waals surface area contributed by atoms with E-state index in [9.17, 15) is 13.5 Å². The summed E-state index contributed by atoms with van der Waals surface area (Å²) in [6.07, 6.45) is -0.165. The third-order valence-corrected chi connectivity index (χ3v) is 4.15. The fraction of sp³-hybridized carbons (Fsp3) is 0.364. The SMILES string of the molecule is CCC(O)c1cccc(S(=O)(=O)NCc2nn[nH]n2)c1. The summed E-state index contributed by atoms with van der Waals surface area (Å²) in [5, 5.41) is 22.6. The third kappa shape index (κ3) is 3.38. The van der Waals surface area contributed by atoms with E-state index in [0.717, 1.165) is 0 Å². The summed E-state index contributed by atoms with van der Waals surface area (Å²) in [7, 11) is -3.68. The largest absolute Gasteiger partial charge is 0.388 e. The summed E-state index contributed by atoms with van der Waals surface area (Å²) in [5.74, 6) is 0.248. The molecule has 0 fully saturated rings. The van der Waals surface area contributed by atoms with Crippen LogP contribution in [0.2, 0.25) is 0 Å². The molecule has 0 amide bonds. The van der Waals surface area contributed by atoms with Crippen LogP contribution in [0.1, 0.15) is 30.8 Å². The van der Waals surface area contributed by atoms with E-state index in [4.69, 9.17) is 0 Å². The second-order valence-electron chi connectivity index (χ2n) is 4.15. The zero-order valence-electron chi connectivity index (χ0n) is 10.8. The molecule has 9 heteroatoms. The van der Waals surface area contributed by atoms with Crippen molar-refractivity contribution in [3.05, 3.63) is 35.7 Å². The van der Waals surface area contributed by atoms with Gasteiger partial charge < -0.3 is 5.11 Å². The molecule has 1 unspecified atom stereocenters. The van der Waals surface area contributed by atoms with Crippen LogP contribution in [0.5, 0.6) is 0 Å². The third-order valence-electron chi connectivity index (χ3n) is 2.75. The summed E-state index contributed by atoms with van der Waals surface area (Å²) in [5.41, 5.74) is 0.565. The standard InChI is InChI=1S/C11H15N5O3S/c1-2-10(17)8-4-3-5-9(6-8)20(18,19)12-7-11-13-15-16-14-11/h3-6,10,12,17H,2,7H2,1H3,(H,13,14,15,16). The van der Waals surface area contributed by atoms with Crippen LogP contribution in [0.3, 0.4) is 0 Å². The van der Waals surface area contributed by atoms with Crippen LogP contribution in [0.4, 0.5) is 0 Å².